The summed E-state index contributed by atoms with van der Waals surface area (Å²) in [6.07, 6.45) is 3.28. The van der Waals surface area contributed by atoms with Crippen LogP contribution in [0.25, 0.3) is 0 Å². The summed E-state index contributed by atoms with van der Waals surface area (Å²) < 4.78 is 7.13. The first-order valence-corrected chi connectivity index (χ1v) is 8.81. The van der Waals surface area contributed by atoms with Crippen LogP contribution in [0.15, 0.2) is 67.0 Å². The molecular formula is C21H19N3O3. The average Bonchev–Trinajstić information content (AvgIpc) is 3.20. The number of cyclic esters (lactones) is 1. The lowest BCUT2D eigenvalue weighted by molar-refractivity contribution is -0.130. The van der Waals surface area contributed by atoms with E-state index in [0.29, 0.717) is 25.1 Å². The molecule has 0 saturated heterocycles. The molecule has 2 aromatic carbocycles. The Labute approximate surface area is 156 Å². The van der Waals surface area contributed by atoms with Gasteiger partial charge in [-0.05, 0) is 28.8 Å². The van der Waals surface area contributed by atoms with Gasteiger partial charge in [-0.3, -0.25) is 9.48 Å². The van der Waals surface area contributed by atoms with Crippen molar-refractivity contribution >= 4 is 11.9 Å². The zero-order valence-electron chi connectivity index (χ0n) is 14.7. The highest BCUT2D eigenvalue weighted by molar-refractivity contribution is 5.95. The second-order valence-corrected chi connectivity index (χ2v) is 6.49. The number of hydrogen-bond acceptors (Lipinski definition) is 4. The maximum atomic E-state index is 12.4. The highest BCUT2D eigenvalue weighted by Crippen LogP contribution is 2.20. The molecule has 6 nitrogen and oxygen atoms in total. The molecule has 0 aliphatic carbocycles. The summed E-state index contributed by atoms with van der Waals surface area (Å²) in [6.45, 7) is 1.09. The third-order valence-electron chi connectivity index (χ3n) is 4.58. The van der Waals surface area contributed by atoms with E-state index in [1.807, 2.05) is 53.3 Å². The third kappa shape index (κ3) is 3.89. The minimum atomic E-state index is -0.786. The minimum Gasteiger partial charge on any atom is -0.448 e. The number of nitrogens with zero attached hydrogens (tertiary/aromatic N) is 2. The molecule has 0 bridgehead atoms. The largest absolute Gasteiger partial charge is 0.448 e. The Morgan fingerprint density at radius 1 is 1.11 bits per heavy atom. The van der Waals surface area contributed by atoms with Crippen molar-refractivity contribution in [3.63, 3.8) is 0 Å². The Balaban J connectivity index is 1.33. The standard InChI is InChI=1S/C21H19N3O3/c25-20(19-12-17-4-1-2-5-18(17)21(26)27-19)22-13-15-6-8-16(9-7-15)14-24-11-3-10-23-24/h1-11,19H,12-14H2,(H,22,25). The third-order valence-corrected chi connectivity index (χ3v) is 4.58. The Bertz CT molecular complexity index is 949. The molecule has 1 N–H and O–H groups in total. The number of benzene rings is 2. The number of aromatic nitrogens is 2. The minimum absolute atomic E-state index is 0.279. The number of fused-ring (bicyclic) bond motifs is 1. The molecule has 1 unspecified atom stereocenters. The molecule has 136 valence electrons. The molecule has 6 heteroatoms. The van der Waals surface area contributed by atoms with Crippen LogP contribution in [-0.4, -0.2) is 27.8 Å². The summed E-state index contributed by atoms with van der Waals surface area (Å²) in [5.41, 5.74) is 3.49. The Hall–Kier alpha value is -3.41. The monoisotopic (exact) mass is 361 g/mol. The van der Waals surface area contributed by atoms with Gasteiger partial charge in [0.2, 0.25) is 0 Å². The lowest BCUT2D eigenvalue weighted by Crippen LogP contribution is -2.41. The van der Waals surface area contributed by atoms with Crippen LogP contribution in [0.1, 0.15) is 27.0 Å². The van der Waals surface area contributed by atoms with Crippen LogP contribution in [-0.2, 0) is 29.0 Å². The molecule has 4 rings (SSSR count). The number of hydrogen-bond donors (Lipinski definition) is 1. The number of carbonyl (C=O) groups excluding carboxylic acids is 2. The molecule has 0 fully saturated rings. The first kappa shape index (κ1) is 17.0. The van der Waals surface area contributed by atoms with E-state index in [9.17, 15) is 9.59 Å². The van der Waals surface area contributed by atoms with Crippen molar-refractivity contribution in [3.05, 3.63) is 89.2 Å². The predicted molar refractivity (Wildman–Crippen MR) is 99.0 cm³/mol. The van der Waals surface area contributed by atoms with Gasteiger partial charge in [0.15, 0.2) is 6.10 Å². The number of ether oxygens (including phenoxy) is 1. The molecule has 0 radical (unpaired) electrons. The van der Waals surface area contributed by atoms with Gasteiger partial charge in [0.05, 0.1) is 12.1 Å². The molecule has 2 heterocycles. The molecule has 0 saturated carbocycles. The fourth-order valence-corrected chi connectivity index (χ4v) is 3.12. The van der Waals surface area contributed by atoms with Crippen molar-refractivity contribution in [2.24, 2.45) is 0 Å². The van der Waals surface area contributed by atoms with Gasteiger partial charge in [-0.25, -0.2) is 4.79 Å². The van der Waals surface area contributed by atoms with Gasteiger partial charge in [-0.2, -0.15) is 5.10 Å². The van der Waals surface area contributed by atoms with Gasteiger partial charge in [-0.15, -0.1) is 0 Å². The zero-order valence-corrected chi connectivity index (χ0v) is 14.7. The molecule has 1 amide bonds. The lowest BCUT2D eigenvalue weighted by Gasteiger charge is -2.23. The number of carbonyl (C=O) groups is 2. The summed E-state index contributed by atoms with van der Waals surface area (Å²) in [7, 11) is 0. The highest BCUT2D eigenvalue weighted by atomic mass is 16.5. The quantitative estimate of drug-likeness (QED) is 0.708. The van der Waals surface area contributed by atoms with Crippen LogP contribution in [0.5, 0.6) is 0 Å². The Morgan fingerprint density at radius 2 is 1.89 bits per heavy atom. The van der Waals surface area contributed by atoms with E-state index >= 15 is 0 Å². The number of rotatable bonds is 5. The van der Waals surface area contributed by atoms with E-state index in [-0.39, 0.29) is 5.91 Å². The van der Waals surface area contributed by atoms with Crippen LogP contribution in [0.4, 0.5) is 0 Å². The second-order valence-electron chi connectivity index (χ2n) is 6.49. The van der Waals surface area contributed by atoms with E-state index in [0.717, 1.165) is 16.7 Å². The van der Waals surface area contributed by atoms with Crippen LogP contribution < -0.4 is 5.32 Å². The van der Waals surface area contributed by atoms with E-state index in [2.05, 4.69) is 10.4 Å². The number of esters is 1. The van der Waals surface area contributed by atoms with Crippen LogP contribution in [0.2, 0.25) is 0 Å². The van der Waals surface area contributed by atoms with Crippen molar-refractivity contribution in [2.45, 2.75) is 25.6 Å². The average molecular weight is 361 g/mol. The second kappa shape index (κ2) is 7.45. The SMILES string of the molecule is O=C1OC(C(=O)NCc2ccc(Cn3cccn3)cc2)Cc2ccccc21. The van der Waals surface area contributed by atoms with Gasteiger partial charge in [0.1, 0.15) is 0 Å². The Kier molecular flexibility index (Phi) is 4.70. The maximum absolute atomic E-state index is 12.4. The fraction of sp³-hybridized carbons (Fsp3) is 0.190. The van der Waals surface area contributed by atoms with Crippen molar-refractivity contribution in [1.29, 1.82) is 0 Å². The molecular weight excluding hydrogens is 342 g/mol. The topological polar surface area (TPSA) is 73.2 Å². The van der Waals surface area contributed by atoms with E-state index in [1.54, 1.807) is 18.3 Å². The first-order chi connectivity index (χ1) is 13.2. The van der Waals surface area contributed by atoms with Gasteiger partial charge >= 0.3 is 5.97 Å². The molecule has 27 heavy (non-hydrogen) atoms. The van der Waals surface area contributed by atoms with Crippen molar-refractivity contribution in [1.82, 2.24) is 15.1 Å². The van der Waals surface area contributed by atoms with Gasteiger partial charge in [-0.1, -0.05) is 42.5 Å². The molecule has 3 aromatic rings. The smallest absolute Gasteiger partial charge is 0.339 e. The van der Waals surface area contributed by atoms with E-state index in [1.165, 1.54) is 0 Å². The van der Waals surface area contributed by atoms with Crippen molar-refractivity contribution in [2.75, 3.05) is 0 Å². The first-order valence-electron chi connectivity index (χ1n) is 8.81. The van der Waals surface area contributed by atoms with Gasteiger partial charge in [0, 0.05) is 25.4 Å². The molecule has 1 aromatic heterocycles. The molecule has 1 atom stereocenters. The van der Waals surface area contributed by atoms with Gasteiger partial charge < -0.3 is 10.1 Å². The van der Waals surface area contributed by atoms with Crippen LogP contribution in [0.3, 0.4) is 0 Å². The predicted octanol–water partition coefficient (Wildman–Crippen LogP) is 2.33. The van der Waals surface area contributed by atoms with Crippen LogP contribution >= 0.6 is 0 Å². The fourth-order valence-electron chi connectivity index (χ4n) is 3.12. The summed E-state index contributed by atoms with van der Waals surface area (Å²) >= 11 is 0. The molecule has 0 spiro atoms. The highest BCUT2D eigenvalue weighted by Gasteiger charge is 2.30. The van der Waals surface area contributed by atoms with Crippen LogP contribution in [0, 0.1) is 0 Å². The van der Waals surface area contributed by atoms with E-state index < -0.39 is 12.1 Å². The summed E-state index contributed by atoms with van der Waals surface area (Å²) in [6, 6.07) is 17.1. The zero-order chi connectivity index (χ0) is 18.6. The maximum Gasteiger partial charge on any atom is 0.339 e. The normalized spacial score (nSPS) is 15.7. The number of nitrogens with one attached hydrogen (secondary N) is 1. The lowest BCUT2D eigenvalue weighted by atomic mass is 9.98. The van der Waals surface area contributed by atoms with Gasteiger partial charge in [0.25, 0.3) is 5.91 Å². The Morgan fingerprint density at radius 3 is 2.67 bits per heavy atom. The summed E-state index contributed by atoms with van der Waals surface area (Å²) in [5, 5.41) is 7.04. The molecule has 1 aliphatic heterocycles. The number of amides is 1. The van der Waals surface area contributed by atoms with E-state index in [4.69, 9.17) is 4.74 Å². The summed E-state index contributed by atoms with van der Waals surface area (Å²) in [5.74, 6) is -0.724. The van der Waals surface area contributed by atoms with Crippen molar-refractivity contribution in [3.8, 4) is 0 Å². The summed E-state index contributed by atoms with van der Waals surface area (Å²) in [4.78, 5) is 24.4. The molecule has 1 aliphatic rings. The van der Waals surface area contributed by atoms with Crippen molar-refractivity contribution < 1.29 is 14.3 Å².